The minimum Gasteiger partial charge on any atom is -0.505 e. The van der Waals surface area contributed by atoms with Crippen molar-refractivity contribution in [1.29, 1.82) is 0 Å². The number of rotatable bonds is 3. The third kappa shape index (κ3) is 3.13. The molecule has 116 valence electrons. The van der Waals surface area contributed by atoms with E-state index in [1.807, 2.05) is 0 Å². The van der Waals surface area contributed by atoms with Crippen LogP contribution in [0, 0.1) is 18.6 Å². The van der Waals surface area contributed by atoms with Crippen molar-refractivity contribution in [3.8, 4) is 17.0 Å². The average molecular weight is 312 g/mol. The lowest BCUT2D eigenvalue weighted by molar-refractivity contribution is 0.433. The SMILES string of the molecule is Cc1cc(Nc2cccc(-c3cccc(O)c3F)n2)ccc1F. The molecule has 0 saturated heterocycles. The van der Waals surface area contributed by atoms with Crippen LogP contribution in [-0.2, 0) is 0 Å². The maximum absolute atomic E-state index is 14.0. The van der Waals surface area contributed by atoms with Gasteiger partial charge in [-0.3, -0.25) is 0 Å². The van der Waals surface area contributed by atoms with E-state index in [1.54, 1.807) is 49.4 Å². The fraction of sp³-hybridized carbons (Fsp3) is 0.0556. The van der Waals surface area contributed by atoms with Gasteiger partial charge < -0.3 is 10.4 Å². The number of pyridine rings is 1. The monoisotopic (exact) mass is 312 g/mol. The maximum Gasteiger partial charge on any atom is 0.174 e. The molecule has 0 aliphatic carbocycles. The fourth-order valence-electron chi connectivity index (χ4n) is 2.24. The summed E-state index contributed by atoms with van der Waals surface area (Å²) in [5.74, 6) is -0.915. The Morgan fingerprint density at radius 2 is 1.78 bits per heavy atom. The lowest BCUT2D eigenvalue weighted by Gasteiger charge is -2.09. The summed E-state index contributed by atoms with van der Waals surface area (Å²) in [7, 11) is 0. The number of nitrogens with one attached hydrogen (secondary N) is 1. The summed E-state index contributed by atoms with van der Waals surface area (Å²) >= 11 is 0. The number of aromatic hydroxyl groups is 1. The molecule has 0 aliphatic heterocycles. The summed E-state index contributed by atoms with van der Waals surface area (Å²) in [6, 6.07) is 14.1. The molecule has 0 saturated carbocycles. The van der Waals surface area contributed by atoms with Gasteiger partial charge in [0.05, 0.1) is 5.69 Å². The van der Waals surface area contributed by atoms with Gasteiger partial charge in [0, 0.05) is 11.3 Å². The van der Waals surface area contributed by atoms with E-state index in [-0.39, 0.29) is 11.4 Å². The van der Waals surface area contributed by atoms with Gasteiger partial charge in [-0.2, -0.15) is 0 Å². The molecule has 23 heavy (non-hydrogen) atoms. The summed E-state index contributed by atoms with van der Waals surface area (Å²) in [6.07, 6.45) is 0. The molecular formula is C18H14F2N2O. The van der Waals surface area contributed by atoms with Crippen molar-refractivity contribution in [3.63, 3.8) is 0 Å². The van der Waals surface area contributed by atoms with E-state index in [1.165, 1.54) is 12.1 Å². The Balaban J connectivity index is 1.93. The number of phenolic OH excluding ortho intramolecular Hbond substituents is 1. The molecule has 0 radical (unpaired) electrons. The van der Waals surface area contributed by atoms with Gasteiger partial charge in [0.25, 0.3) is 0 Å². The summed E-state index contributed by atoms with van der Waals surface area (Å²) in [5.41, 5.74) is 1.81. The Labute approximate surface area is 132 Å². The van der Waals surface area contributed by atoms with Crippen LogP contribution >= 0.6 is 0 Å². The van der Waals surface area contributed by atoms with Crippen LogP contribution in [0.25, 0.3) is 11.3 Å². The number of hydrogen-bond acceptors (Lipinski definition) is 3. The second-order valence-corrected chi connectivity index (χ2v) is 5.14. The zero-order chi connectivity index (χ0) is 16.4. The number of phenols is 1. The van der Waals surface area contributed by atoms with Crippen molar-refractivity contribution < 1.29 is 13.9 Å². The number of nitrogens with zero attached hydrogens (tertiary/aromatic N) is 1. The predicted molar refractivity (Wildman–Crippen MR) is 85.7 cm³/mol. The number of hydrogen-bond donors (Lipinski definition) is 2. The third-order valence-electron chi connectivity index (χ3n) is 3.43. The van der Waals surface area contributed by atoms with Gasteiger partial charge in [0.15, 0.2) is 11.6 Å². The molecule has 1 heterocycles. The second kappa shape index (κ2) is 6.04. The van der Waals surface area contributed by atoms with Crippen molar-refractivity contribution in [1.82, 2.24) is 4.98 Å². The quantitative estimate of drug-likeness (QED) is 0.731. The minimum atomic E-state index is -0.713. The first kappa shape index (κ1) is 15.0. The lowest BCUT2D eigenvalue weighted by atomic mass is 10.1. The molecule has 0 atom stereocenters. The highest BCUT2D eigenvalue weighted by Gasteiger charge is 2.10. The Hall–Kier alpha value is -2.95. The zero-order valence-corrected chi connectivity index (χ0v) is 12.3. The van der Waals surface area contributed by atoms with E-state index in [4.69, 9.17) is 0 Å². The molecular weight excluding hydrogens is 298 g/mol. The van der Waals surface area contributed by atoms with Gasteiger partial charge in [-0.05, 0) is 55.0 Å². The highest BCUT2D eigenvalue weighted by atomic mass is 19.1. The Morgan fingerprint density at radius 3 is 2.57 bits per heavy atom. The van der Waals surface area contributed by atoms with Crippen molar-refractivity contribution in [2.45, 2.75) is 6.92 Å². The van der Waals surface area contributed by atoms with E-state index < -0.39 is 11.6 Å². The molecule has 0 bridgehead atoms. The predicted octanol–water partition coefficient (Wildman–Crippen LogP) is 4.78. The van der Waals surface area contributed by atoms with E-state index in [0.29, 0.717) is 22.8 Å². The van der Waals surface area contributed by atoms with Crippen LogP contribution in [0.4, 0.5) is 20.3 Å². The Kier molecular flexibility index (Phi) is 3.93. The largest absolute Gasteiger partial charge is 0.505 e. The standard InChI is InChI=1S/C18H14F2N2O/c1-11-10-12(8-9-14(11)19)21-17-7-3-5-15(22-17)13-4-2-6-16(23)18(13)20/h2-10,23H,1H3,(H,21,22). The molecule has 0 amide bonds. The first-order valence-corrected chi connectivity index (χ1v) is 7.02. The van der Waals surface area contributed by atoms with Crippen molar-refractivity contribution >= 4 is 11.5 Å². The number of anilines is 2. The molecule has 3 aromatic rings. The number of aromatic nitrogens is 1. The average Bonchev–Trinajstić information content (AvgIpc) is 2.54. The lowest BCUT2D eigenvalue weighted by Crippen LogP contribution is -1.96. The minimum absolute atomic E-state index is 0.212. The van der Waals surface area contributed by atoms with Gasteiger partial charge in [0.2, 0.25) is 0 Å². The summed E-state index contributed by atoms with van der Waals surface area (Å²) in [5, 5.41) is 12.5. The topological polar surface area (TPSA) is 45.1 Å². The van der Waals surface area contributed by atoms with Crippen molar-refractivity contribution in [2.75, 3.05) is 5.32 Å². The molecule has 0 unspecified atom stereocenters. The number of aryl methyl sites for hydroxylation is 1. The van der Waals surface area contributed by atoms with Gasteiger partial charge in [-0.15, -0.1) is 0 Å². The Morgan fingerprint density at radius 1 is 1.00 bits per heavy atom. The summed E-state index contributed by atoms with van der Waals surface area (Å²) in [4.78, 5) is 4.34. The molecule has 0 spiro atoms. The maximum atomic E-state index is 14.0. The molecule has 3 rings (SSSR count). The van der Waals surface area contributed by atoms with Crippen LogP contribution in [-0.4, -0.2) is 10.1 Å². The van der Waals surface area contributed by atoms with Crippen molar-refractivity contribution in [3.05, 3.63) is 71.8 Å². The molecule has 0 aliphatic rings. The fourth-order valence-corrected chi connectivity index (χ4v) is 2.24. The smallest absolute Gasteiger partial charge is 0.174 e. The molecule has 0 fully saturated rings. The first-order chi connectivity index (χ1) is 11.0. The van der Waals surface area contributed by atoms with Crippen LogP contribution in [0.3, 0.4) is 0 Å². The molecule has 5 heteroatoms. The zero-order valence-electron chi connectivity index (χ0n) is 12.3. The van der Waals surface area contributed by atoms with Crippen LogP contribution in [0.2, 0.25) is 0 Å². The van der Waals surface area contributed by atoms with Gasteiger partial charge >= 0.3 is 0 Å². The van der Waals surface area contributed by atoms with Gasteiger partial charge in [-0.1, -0.05) is 12.1 Å². The van der Waals surface area contributed by atoms with Crippen LogP contribution in [0.1, 0.15) is 5.56 Å². The van der Waals surface area contributed by atoms with Crippen LogP contribution in [0.15, 0.2) is 54.6 Å². The van der Waals surface area contributed by atoms with Crippen molar-refractivity contribution in [2.24, 2.45) is 0 Å². The highest BCUT2D eigenvalue weighted by molar-refractivity contribution is 5.66. The van der Waals surface area contributed by atoms with E-state index in [0.717, 1.165) is 0 Å². The normalized spacial score (nSPS) is 10.6. The van der Waals surface area contributed by atoms with E-state index in [9.17, 15) is 13.9 Å². The highest BCUT2D eigenvalue weighted by Crippen LogP contribution is 2.28. The summed E-state index contributed by atoms with van der Waals surface area (Å²) < 4.78 is 27.3. The number of benzene rings is 2. The number of halogens is 2. The van der Waals surface area contributed by atoms with E-state index >= 15 is 0 Å². The van der Waals surface area contributed by atoms with Gasteiger partial charge in [0.1, 0.15) is 11.6 Å². The first-order valence-electron chi connectivity index (χ1n) is 7.02. The molecule has 2 N–H and O–H groups in total. The van der Waals surface area contributed by atoms with Crippen LogP contribution < -0.4 is 5.32 Å². The Bertz CT molecular complexity index is 865. The molecule has 3 nitrogen and oxygen atoms in total. The van der Waals surface area contributed by atoms with Crippen LogP contribution in [0.5, 0.6) is 5.75 Å². The van der Waals surface area contributed by atoms with E-state index in [2.05, 4.69) is 10.3 Å². The third-order valence-corrected chi connectivity index (χ3v) is 3.43. The molecule has 1 aromatic heterocycles. The molecule has 2 aromatic carbocycles. The summed E-state index contributed by atoms with van der Waals surface area (Å²) in [6.45, 7) is 1.67. The van der Waals surface area contributed by atoms with Gasteiger partial charge in [-0.25, -0.2) is 13.8 Å². The second-order valence-electron chi connectivity index (χ2n) is 5.14.